The second kappa shape index (κ2) is 5.65. The van der Waals surface area contributed by atoms with Crippen LogP contribution in [-0.2, 0) is 14.8 Å². The van der Waals surface area contributed by atoms with Gasteiger partial charge in [0.1, 0.15) is 11.0 Å². The Labute approximate surface area is 137 Å². The Kier molecular flexibility index (Phi) is 3.80. The van der Waals surface area contributed by atoms with Crippen molar-refractivity contribution in [2.24, 2.45) is 5.14 Å². The van der Waals surface area contributed by atoms with E-state index in [4.69, 9.17) is 16.7 Å². The Morgan fingerprint density at radius 3 is 2.52 bits per heavy atom. The van der Waals surface area contributed by atoms with Crippen LogP contribution in [0.15, 0.2) is 47.5 Å². The summed E-state index contributed by atoms with van der Waals surface area (Å²) in [6.45, 7) is 0. The van der Waals surface area contributed by atoms with E-state index < -0.39 is 10.0 Å². The van der Waals surface area contributed by atoms with E-state index in [-0.39, 0.29) is 16.0 Å². The van der Waals surface area contributed by atoms with Gasteiger partial charge < -0.3 is 10.6 Å². The van der Waals surface area contributed by atoms with Crippen LogP contribution in [0.2, 0.25) is 5.15 Å². The Hall–Kier alpha value is -2.42. The fourth-order valence-electron chi connectivity index (χ4n) is 2.08. The first-order chi connectivity index (χ1) is 10.8. The minimum atomic E-state index is -3.73. The summed E-state index contributed by atoms with van der Waals surface area (Å²) in [5.74, 6) is 0.101. The van der Waals surface area contributed by atoms with Gasteiger partial charge in [0.25, 0.3) is 5.91 Å². The number of carbonyl (C=O) groups is 1. The number of fused-ring (bicyclic) bond motifs is 1. The molecule has 118 valence electrons. The van der Waals surface area contributed by atoms with Crippen LogP contribution >= 0.6 is 11.6 Å². The first-order valence-corrected chi connectivity index (χ1v) is 8.35. The number of pyridine rings is 1. The second-order valence-electron chi connectivity index (χ2n) is 4.76. The number of anilines is 2. The third kappa shape index (κ3) is 3.19. The van der Waals surface area contributed by atoms with Gasteiger partial charge in [0.05, 0.1) is 10.5 Å². The molecule has 0 fully saturated rings. The number of nitrogens with one attached hydrogen (secondary N) is 2. The predicted octanol–water partition coefficient (Wildman–Crippen LogP) is 1.79. The second-order valence-corrected chi connectivity index (χ2v) is 6.70. The summed E-state index contributed by atoms with van der Waals surface area (Å²) in [6, 6.07) is 9.13. The van der Waals surface area contributed by atoms with Gasteiger partial charge in [-0.25, -0.2) is 18.5 Å². The molecule has 2 aromatic rings. The van der Waals surface area contributed by atoms with Crippen molar-refractivity contribution >= 4 is 44.6 Å². The van der Waals surface area contributed by atoms with Crippen molar-refractivity contribution in [3.8, 4) is 0 Å². The van der Waals surface area contributed by atoms with Crippen molar-refractivity contribution in [2.75, 3.05) is 10.6 Å². The van der Waals surface area contributed by atoms with Crippen LogP contribution in [0.3, 0.4) is 0 Å². The Morgan fingerprint density at radius 2 is 1.87 bits per heavy atom. The third-order valence-electron chi connectivity index (χ3n) is 3.19. The number of aromatic nitrogens is 1. The van der Waals surface area contributed by atoms with Crippen LogP contribution in [0.4, 0.5) is 11.5 Å². The number of hydrogen-bond acceptors (Lipinski definition) is 5. The number of sulfonamides is 1. The van der Waals surface area contributed by atoms with Crippen molar-refractivity contribution < 1.29 is 13.2 Å². The molecule has 0 atom stereocenters. The monoisotopic (exact) mass is 350 g/mol. The highest BCUT2D eigenvalue weighted by Crippen LogP contribution is 2.31. The molecule has 0 unspecified atom stereocenters. The predicted molar refractivity (Wildman–Crippen MR) is 87.3 cm³/mol. The molecule has 1 aliphatic heterocycles. The highest BCUT2D eigenvalue weighted by Gasteiger charge is 2.25. The summed E-state index contributed by atoms with van der Waals surface area (Å²) in [5.41, 5.74) is 1.64. The van der Waals surface area contributed by atoms with E-state index in [2.05, 4.69) is 15.6 Å². The molecular formula is C14H11ClN4O3S. The molecule has 7 nitrogen and oxygen atoms in total. The summed E-state index contributed by atoms with van der Waals surface area (Å²) in [5, 5.41) is 10.9. The first-order valence-electron chi connectivity index (χ1n) is 6.42. The Balaban J connectivity index is 1.85. The molecule has 4 N–H and O–H groups in total. The standard InChI is InChI=1S/C14H11ClN4O3S/c15-12-6-5-10-11(14(20)19-13(10)18-12)7-17-8-1-3-9(4-2-8)23(16,21)22/h1-7,17H,(H2,16,21,22)(H,18,19,20)/b11-7-. The van der Waals surface area contributed by atoms with Gasteiger partial charge in [-0.1, -0.05) is 11.6 Å². The lowest BCUT2D eigenvalue weighted by Gasteiger charge is -2.04. The van der Waals surface area contributed by atoms with Crippen LogP contribution in [0, 0.1) is 0 Å². The van der Waals surface area contributed by atoms with Crippen LogP contribution < -0.4 is 15.8 Å². The molecule has 0 saturated carbocycles. The highest BCUT2D eigenvalue weighted by molar-refractivity contribution is 7.89. The maximum atomic E-state index is 12.0. The minimum Gasteiger partial charge on any atom is -0.361 e. The molecular weight excluding hydrogens is 340 g/mol. The lowest BCUT2D eigenvalue weighted by atomic mass is 10.1. The largest absolute Gasteiger partial charge is 0.361 e. The summed E-state index contributed by atoms with van der Waals surface area (Å²) < 4.78 is 22.4. The molecule has 9 heteroatoms. The number of primary sulfonamides is 1. The van der Waals surface area contributed by atoms with Gasteiger partial charge >= 0.3 is 0 Å². The van der Waals surface area contributed by atoms with Crippen molar-refractivity contribution in [3.05, 3.63) is 53.3 Å². The van der Waals surface area contributed by atoms with Crippen molar-refractivity contribution in [2.45, 2.75) is 4.90 Å². The maximum Gasteiger partial charge on any atom is 0.259 e. The molecule has 0 aliphatic carbocycles. The van der Waals surface area contributed by atoms with Gasteiger partial charge in [0.15, 0.2) is 0 Å². The van der Waals surface area contributed by atoms with Crippen LogP contribution in [0.25, 0.3) is 5.57 Å². The highest BCUT2D eigenvalue weighted by atomic mass is 35.5. The average molecular weight is 351 g/mol. The molecule has 0 bridgehead atoms. The SMILES string of the molecule is NS(=O)(=O)c1ccc(N/C=C2\C(=O)Nc3nc(Cl)ccc32)cc1. The summed E-state index contributed by atoms with van der Waals surface area (Å²) >= 11 is 5.79. The summed E-state index contributed by atoms with van der Waals surface area (Å²) in [6.07, 6.45) is 1.52. The fourth-order valence-corrected chi connectivity index (χ4v) is 2.75. The van der Waals surface area contributed by atoms with Gasteiger partial charge in [-0.2, -0.15) is 0 Å². The molecule has 3 rings (SSSR count). The van der Waals surface area contributed by atoms with Crippen molar-refractivity contribution in [1.29, 1.82) is 0 Å². The summed E-state index contributed by atoms with van der Waals surface area (Å²) in [7, 11) is -3.73. The number of rotatable bonds is 3. The lowest BCUT2D eigenvalue weighted by molar-refractivity contribution is -0.110. The number of amides is 1. The van der Waals surface area contributed by atoms with Crippen molar-refractivity contribution in [3.63, 3.8) is 0 Å². The zero-order chi connectivity index (χ0) is 16.6. The molecule has 0 saturated heterocycles. The zero-order valence-corrected chi connectivity index (χ0v) is 13.1. The van der Waals surface area contributed by atoms with Crippen LogP contribution in [0.1, 0.15) is 5.56 Å². The lowest BCUT2D eigenvalue weighted by Crippen LogP contribution is -2.11. The normalized spacial score (nSPS) is 15.4. The van der Waals surface area contributed by atoms with E-state index >= 15 is 0 Å². The van der Waals surface area contributed by atoms with E-state index in [1.165, 1.54) is 18.3 Å². The molecule has 1 aromatic carbocycles. The number of nitrogens with two attached hydrogens (primary N) is 1. The first kappa shape index (κ1) is 15.5. The Bertz CT molecular complexity index is 924. The van der Waals surface area contributed by atoms with Gasteiger partial charge in [-0.15, -0.1) is 0 Å². The fraction of sp³-hybridized carbons (Fsp3) is 0. The average Bonchev–Trinajstić information content (AvgIpc) is 2.79. The topological polar surface area (TPSA) is 114 Å². The van der Waals surface area contributed by atoms with Crippen LogP contribution in [0.5, 0.6) is 0 Å². The molecule has 23 heavy (non-hydrogen) atoms. The number of nitrogens with zero attached hydrogens (tertiary/aromatic N) is 1. The molecule has 1 amide bonds. The van der Waals surface area contributed by atoms with E-state index in [1.54, 1.807) is 24.3 Å². The third-order valence-corrected chi connectivity index (χ3v) is 4.33. The van der Waals surface area contributed by atoms with Gasteiger partial charge in [-0.05, 0) is 36.4 Å². The molecule has 2 heterocycles. The van der Waals surface area contributed by atoms with E-state index in [1.807, 2.05) is 0 Å². The van der Waals surface area contributed by atoms with Gasteiger partial charge in [-0.3, -0.25) is 4.79 Å². The Morgan fingerprint density at radius 1 is 1.17 bits per heavy atom. The van der Waals surface area contributed by atoms with E-state index in [9.17, 15) is 13.2 Å². The van der Waals surface area contributed by atoms with Gasteiger partial charge in [0.2, 0.25) is 10.0 Å². The maximum absolute atomic E-state index is 12.0. The number of hydrogen-bond donors (Lipinski definition) is 3. The minimum absolute atomic E-state index is 0.0125. The summed E-state index contributed by atoms with van der Waals surface area (Å²) in [4.78, 5) is 16.0. The number of carbonyl (C=O) groups excluding carboxylic acids is 1. The number of halogens is 1. The smallest absolute Gasteiger partial charge is 0.259 e. The van der Waals surface area contributed by atoms with E-state index in [0.717, 1.165) is 0 Å². The molecule has 1 aliphatic rings. The van der Waals surface area contributed by atoms with Crippen molar-refractivity contribution in [1.82, 2.24) is 4.98 Å². The molecule has 0 spiro atoms. The molecule has 0 radical (unpaired) electrons. The van der Waals surface area contributed by atoms with E-state index in [0.29, 0.717) is 22.6 Å². The zero-order valence-electron chi connectivity index (χ0n) is 11.6. The molecule has 1 aromatic heterocycles. The van der Waals surface area contributed by atoms with Crippen LogP contribution in [-0.4, -0.2) is 19.3 Å². The number of benzene rings is 1. The van der Waals surface area contributed by atoms with Gasteiger partial charge in [0, 0.05) is 17.5 Å². The quantitative estimate of drug-likeness (QED) is 0.576.